The van der Waals surface area contributed by atoms with E-state index in [0.717, 1.165) is 6.07 Å². The van der Waals surface area contributed by atoms with Gasteiger partial charge in [0, 0.05) is 18.3 Å². The number of rotatable bonds is 2. The summed E-state index contributed by atoms with van der Waals surface area (Å²) in [7, 11) is 1.63. The lowest BCUT2D eigenvalue weighted by atomic mass is 9.98. The van der Waals surface area contributed by atoms with Crippen molar-refractivity contribution in [2.24, 2.45) is 7.05 Å². The van der Waals surface area contributed by atoms with Gasteiger partial charge in [0.05, 0.1) is 17.3 Å². The first kappa shape index (κ1) is 13.3. The Morgan fingerprint density at radius 1 is 1.21 bits per heavy atom. The highest BCUT2D eigenvalue weighted by atomic mass is 19.4. The molecule has 0 saturated heterocycles. The summed E-state index contributed by atoms with van der Waals surface area (Å²) in [5.41, 5.74) is -0.574. The van der Waals surface area contributed by atoms with Gasteiger partial charge in [-0.3, -0.25) is 9.48 Å². The molecule has 6 heteroatoms. The predicted octanol–water partition coefficient (Wildman–Crippen LogP) is 2.98. The molecule has 0 fully saturated rings. The number of benzene rings is 1. The molecule has 3 nitrogen and oxygen atoms in total. The van der Waals surface area contributed by atoms with E-state index in [-0.39, 0.29) is 11.1 Å². The monoisotopic (exact) mass is 268 g/mol. The molecule has 0 atom stereocenters. The van der Waals surface area contributed by atoms with Gasteiger partial charge in [-0.2, -0.15) is 18.3 Å². The number of alkyl halides is 3. The van der Waals surface area contributed by atoms with Crippen molar-refractivity contribution in [1.82, 2.24) is 9.78 Å². The highest BCUT2D eigenvalue weighted by molar-refractivity contribution is 6.10. The van der Waals surface area contributed by atoms with Gasteiger partial charge in [-0.1, -0.05) is 18.2 Å². The Kier molecular flexibility index (Phi) is 3.18. The van der Waals surface area contributed by atoms with Crippen LogP contribution in [-0.2, 0) is 13.2 Å². The second kappa shape index (κ2) is 4.53. The summed E-state index contributed by atoms with van der Waals surface area (Å²) in [5, 5.41) is 3.87. The van der Waals surface area contributed by atoms with Crippen LogP contribution in [0, 0.1) is 6.92 Å². The van der Waals surface area contributed by atoms with Crippen molar-refractivity contribution in [1.29, 1.82) is 0 Å². The molecule has 0 bridgehead atoms. The van der Waals surface area contributed by atoms with Crippen LogP contribution in [0.15, 0.2) is 30.5 Å². The molecule has 0 aliphatic carbocycles. The van der Waals surface area contributed by atoms with E-state index in [2.05, 4.69) is 5.10 Å². The number of halogens is 3. The molecule has 0 radical (unpaired) electrons. The van der Waals surface area contributed by atoms with Crippen molar-refractivity contribution in [3.63, 3.8) is 0 Å². The van der Waals surface area contributed by atoms with Crippen LogP contribution in [0.25, 0.3) is 0 Å². The molecule has 100 valence electrons. The summed E-state index contributed by atoms with van der Waals surface area (Å²) in [6, 6.07) is 4.75. The summed E-state index contributed by atoms with van der Waals surface area (Å²) in [6.45, 7) is 1.64. The fraction of sp³-hybridized carbons (Fsp3) is 0.231. The number of ketones is 1. The van der Waals surface area contributed by atoms with E-state index in [1.54, 1.807) is 14.0 Å². The Morgan fingerprint density at radius 3 is 2.37 bits per heavy atom. The average Bonchev–Trinajstić information content (AvgIpc) is 2.68. The number of carbonyl (C=O) groups excluding carboxylic acids is 1. The molecule has 2 aromatic rings. The van der Waals surface area contributed by atoms with Gasteiger partial charge in [-0.25, -0.2) is 0 Å². The number of hydrogen-bond donors (Lipinski definition) is 0. The van der Waals surface area contributed by atoms with E-state index in [4.69, 9.17) is 0 Å². The van der Waals surface area contributed by atoms with E-state index in [1.165, 1.54) is 29.1 Å². The summed E-state index contributed by atoms with van der Waals surface area (Å²) >= 11 is 0. The fourth-order valence-corrected chi connectivity index (χ4v) is 1.80. The Hall–Kier alpha value is -2.11. The minimum atomic E-state index is -4.55. The Balaban J connectivity index is 2.54. The molecule has 2 rings (SSSR count). The summed E-state index contributed by atoms with van der Waals surface area (Å²) in [6.07, 6.45) is -3.27. The van der Waals surface area contributed by atoms with Gasteiger partial charge in [0.1, 0.15) is 0 Å². The highest BCUT2D eigenvalue weighted by Gasteiger charge is 2.35. The number of aryl methyl sites for hydroxylation is 1. The molecule has 0 spiro atoms. The van der Waals surface area contributed by atoms with Crippen LogP contribution in [0.1, 0.15) is 27.2 Å². The molecular formula is C13H11F3N2O. The van der Waals surface area contributed by atoms with Crippen LogP contribution in [-0.4, -0.2) is 15.6 Å². The van der Waals surface area contributed by atoms with E-state index in [9.17, 15) is 18.0 Å². The summed E-state index contributed by atoms with van der Waals surface area (Å²) < 4.78 is 40.0. The molecule has 0 N–H and O–H groups in total. The van der Waals surface area contributed by atoms with Crippen molar-refractivity contribution in [2.45, 2.75) is 13.1 Å². The lowest BCUT2D eigenvalue weighted by molar-refractivity contribution is -0.137. The van der Waals surface area contributed by atoms with E-state index < -0.39 is 17.5 Å². The Morgan fingerprint density at radius 2 is 1.84 bits per heavy atom. The van der Waals surface area contributed by atoms with Crippen molar-refractivity contribution in [2.75, 3.05) is 0 Å². The Bertz CT molecular complexity index is 629. The van der Waals surface area contributed by atoms with Crippen LogP contribution in [0.3, 0.4) is 0 Å². The number of nitrogens with zero attached hydrogens (tertiary/aromatic N) is 2. The van der Waals surface area contributed by atoms with Gasteiger partial charge in [0.15, 0.2) is 5.78 Å². The average molecular weight is 268 g/mol. The summed E-state index contributed by atoms with van der Waals surface area (Å²) in [5.74, 6) is -0.668. The molecule has 0 saturated carbocycles. The first-order valence-corrected chi connectivity index (χ1v) is 5.52. The van der Waals surface area contributed by atoms with Crippen LogP contribution >= 0.6 is 0 Å². The van der Waals surface area contributed by atoms with Gasteiger partial charge in [-0.05, 0) is 13.0 Å². The Labute approximate surface area is 107 Å². The van der Waals surface area contributed by atoms with Crippen LogP contribution in [0.5, 0.6) is 0 Å². The molecule has 1 heterocycles. The topological polar surface area (TPSA) is 34.9 Å². The summed E-state index contributed by atoms with van der Waals surface area (Å²) in [4.78, 5) is 12.2. The largest absolute Gasteiger partial charge is 0.417 e. The van der Waals surface area contributed by atoms with Crippen LogP contribution in [0.4, 0.5) is 13.2 Å². The van der Waals surface area contributed by atoms with E-state index >= 15 is 0 Å². The molecule has 0 aliphatic rings. The third kappa shape index (κ3) is 2.38. The van der Waals surface area contributed by atoms with Crippen molar-refractivity contribution < 1.29 is 18.0 Å². The van der Waals surface area contributed by atoms with Gasteiger partial charge >= 0.3 is 6.18 Å². The van der Waals surface area contributed by atoms with Gasteiger partial charge < -0.3 is 0 Å². The lowest BCUT2D eigenvalue weighted by Crippen LogP contribution is -2.14. The van der Waals surface area contributed by atoms with Gasteiger partial charge in [-0.15, -0.1) is 0 Å². The lowest BCUT2D eigenvalue weighted by Gasteiger charge is -2.11. The third-order valence-electron chi connectivity index (χ3n) is 2.96. The van der Waals surface area contributed by atoms with E-state index in [1.807, 2.05) is 0 Å². The maximum absolute atomic E-state index is 12.9. The minimum absolute atomic E-state index is 0.180. The maximum atomic E-state index is 12.9. The zero-order valence-electron chi connectivity index (χ0n) is 10.3. The third-order valence-corrected chi connectivity index (χ3v) is 2.96. The second-order valence-electron chi connectivity index (χ2n) is 4.14. The maximum Gasteiger partial charge on any atom is 0.417 e. The van der Waals surface area contributed by atoms with E-state index in [0.29, 0.717) is 5.69 Å². The van der Waals surface area contributed by atoms with Crippen molar-refractivity contribution in [3.05, 3.63) is 52.8 Å². The first-order chi connectivity index (χ1) is 8.82. The van der Waals surface area contributed by atoms with Crippen molar-refractivity contribution >= 4 is 5.78 Å². The molecular weight excluding hydrogens is 257 g/mol. The highest BCUT2D eigenvalue weighted by Crippen LogP contribution is 2.33. The molecule has 0 unspecified atom stereocenters. The first-order valence-electron chi connectivity index (χ1n) is 5.52. The minimum Gasteiger partial charge on any atom is -0.288 e. The smallest absolute Gasteiger partial charge is 0.288 e. The van der Waals surface area contributed by atoms with Crippen LogP contribution in [0.2, 0.25) is 0 Å². The number of aromatic nitrogens is 2. The van der Waals surface area contributed by atoms with Gasteiger partial charge in [0.25, 0.3) is 0 Å². The predicted molar refractivity (Wildman–Crippen MR) is 62.8 cm³/mol. The zero-order valence-corrected chi connectivity index (χ0v) is 10.3. The number of carbonyl (C=O) groups is 1. The molecule has 1 aromatic heterocycles. The standard InChI is InChI=1S/C13H11F3N2O/c1-8-10(7-17-18(8)2)12(19)9-5-3-4-6-11(9)13(14,15)16/h3-7H,1-2H3. The molecule has 0 aliphatic heterocycles. The molecule has 0 amide bonds. The number of hydrogen-bond acceptors (Lipinski definition) is 2. The SMILES string of the molecule is Cc1c(C(=O)c2ccccc2C(F)(F)F)cnn1C. The van der Waals surface area contributed by atoms with Gasteiger partial charge in [0.2, 0.25) is 0 Å². The fourth-order valence-electron chi connectivity index (χ4n) is 1.80. The molecule has 1 aromatic carbocycles. The zero-order chi connectivity index (χ0) is 14.2. The van der Waals surface area contributed by atoms with Crippen LogP contribution < -0.4 is 0 Å². The second-order valence-corrected chi connectivity index (χ2v) is 4.14. The quantitative estimate of drug-likeness (QED) is 0.785. The molecule has 19 heavy (non-hydrogen) atoms. The van der Waals surface area contributed by atoms with Crippen molar-refractivity contribution in [3.8, 4) is 0 Å². The normalized spacial score (nSPS) is 11.6.